The molecule has 22 heavy (non-hydrogen) atoms. The molecule has 1 aliphatic rings. The van der Waals surface area contributed by atoms with E-state index >= 15 is 0 Å². The first-order chi connectivity index (χ1) is 10.4. The molecule has 0 spiro atoms. The minimum atomic E-state index is -4.47. The molecule has 1 aliphatic heterocycles. The number of aromatic nitrogens is 2. The van der Waals surface area contributed by atoms with Crippen LogP contribution in [-0.2, 0) is 12.6 Å². The van der Waals surface area contributed by atoms with Gasteiger partial charge in [-0.2, -0.15) is 13.2 Å². The van der Waals surface area contributed by atoms with Gasteiger partial charge in [-0.15, -0.1) is 0 Å². The summed E-state index contributed by atoms with van der Waals surface area (Å²) in [7, 11) is 0. The monoisotopic (exact) mass is 311 g/mol. The van der Waals surface area contributed by atoms with E-state index in [9.17, 15) is 18.0 Å². The van der Waals surface area contributed by atoms with Crippen LogP contribution in [0.15, 0.2) is 29.2 Å². The molecule has 1 N–H and O–H groups in total. The standard InChI is InChI=1S/C15H16F3N3O/c16-15(17,18)11-3-4-13-20-12(7-14(22)21(13)9-11)6-10-2-1-5-19-8-10/h3-4,7,9-10,19H,1-2,5-6,8H2. The molecule has 7 heteroatoms. The molecule has 0 saturated carbocycles. The van der Waals surface area contributed by atoms with Crippen LogP contribution in [0.2, 0.25) is 0 Å². The van der Waals surface area contributed by atoms with Gasteiger partial charge in [0, 0.05) is 18.0 Å². The predicted octanol–water partition coefficient (Wildman–Crippen LogP) is 2.26. The van der Waals surface area contributed by atoms with E-state index in [1.54, 1.807) is 0 Å². The van der Waals surface area contributed by atoms with Crippen molar-refractivity contribution in [2.24, 2.45) is 5.92 Å². The summed E-state index contributed by atoms with van der Waals surface area (Å²) in [5.74, 6) is 0.414. The number of rotatable bonds is 2. The van der Waals surface area contributed by atoms with Gasteiger partial charge in [-0.05, 0) is 50.4 Å². The number of hydrogen-bond acceptors (Lipinski definition) is 3. The van der Waals surface area contributed by atoms with Crippen molar-refractivity contribution < 1.29 is 13.2 Å². The third-order valence-corrected chi connectivity index (χ3v) is 3.94. The lowest BCUT2D eigenvalue weighted by Gasteiger charge is -2.22. The molecule has 2 aromatic heterocycles. The molecule has 0 aliphatic carbocycles. The van der Waals surface area contributed by atoms with Crippen molar-refractivity contribution in [3.63, 3.8) is 0 Å². The molecule has 2 aromatic rings. The quantitative estimate of drug-likeness (QED) is 0.925. The largest absolute Gasteiger partial charge is 0.417 e. The van der Waals surface area contributed by atoms with Crippen molar-refractivity contribution in [3.8, 4) is 0 Å². The number of nitrogens with one attached hydrogen (secondary N) is 1. The summed E-state index contributed by atoms with van der Waals surface area (Å²) in [6.07, 6.45) is -0.844. The zero-order chi connectivity index (χ0) is 15.7. The van der Waals surface area contributed by atoms with Gasteiger partial charge in [0.05, 0.1) is 5.56 Å². The Kier molecular flexibility index (Phi) is 3.90. The SMILES string of the molecule is O=c1cc(CC2CCCNC2)nc2ccc(C(F)(F)F)cn12. The Labute approximate surface area is 125 Å². The lowest BCUT2D eigenvalue weighted by Crippen LogP contribution is -2.31. The Morgan fingerprint density at radius 1 is 1.36 bits per heavy atom. The fraction of sp³-hybridized carbons (Fsp3) is 0.467. The highest BCUT2D eigenvalue weighted by Gasteiger charge is 2.31. The van der Waals surface area contributed by atoms with Crippen molar-refractivity contribution >= 4 is 5.65 Å². The van der Waals surface area contributed by atoms with Crippen LogP contribution in [0.1, 0.15) is 24.1 Å². The van der Waals surface area contributed by atoms with Gasteiger partial charge in [0.2, 0.25) is 0 Å². The van der Waals surface area contributed by atoms with Crippen molar-refractivity contribution in [2.45, 2.75) is 25.4 Å². The van der Waals surface area contributed by atoms with E-state index in [0.717, 1.165) is 42.6 Å². The van der Waals surface area contributed by atoms with Crippen LogP contribution in [-0.4, -0.2) is 22.5 Å². The van der Waals surface area contributed by atoms with Crippen LogP contribution in [0.25, 0.3) is 5.65 Å². The maximum atomic E-state index is 12.7. The summed E-state index contributed by atoms with van der Waals surface area (Å²) >= 11 is 0. The van der Waals surface area contributed by atoms with E-state index in [4.69, 9.17) is 0 Å². The van der Waals surface area contributed by atoms with Gasteiger partial charge in [-0.1, -0.05) is 0 Å². The smallest absolute Gasteiger partial charge is 0.316 e. The summed E-state index contributed by atoms with van der Waals surface area (Å²) in [6, 6.07) is 3.53. The Bertz CT molecular complexity index is 733. The van der Waals surface area contributed by atoms with Gasteiger partial charge in [0.25, 0.3) is 5.56 Å². The van der Waals surface area contributed by atoms with Crippen LogP contribution in [0.4, 0.5) is 13.2 Å². The van der Waals surface area contributed by atoms with Gasteiger partial charge in [0.15, 0.2) is 0 Å². The fourth-order valence-electron chi connectivity index (χ4n) is 2.82. The third kappa shape index (κ3) is 3.14. The Morgan fingerprint density at radius 3 is 2.86 bits per heavy atom. The molecule has 3 rings (SSSR count). The molecular formula is C15H16F3N3O. The number of piperidine rings is 1. The topological polar surface area (TPSA) is 46.4 Å². The zero-order valence-corrected chi connectivity index (χ0v) is 11.9. The second-order valence-electron chi connectivity index (χ2n) is 5.65. The highest BCUT2D eigenvalue weighted by Crippen LogP contribution is 2.28. The van der Waals surface area contributed by atoms with Crippen LogP contribution < -0.4 is 10.9 Å². The number of hydrogen-bond donors (Lipinski definition) is 1. The number of halogens is 3. The van der Waals surface area contributed by atoms with Gasteiger partial charge in [-0.25, -0.2) is 4.98 Å². The Morgan fingerprint density at radius 2 is 2.18 bits per heavy atom. The van der Waals surface area contributed by atoms with Crippen molar-refractivity contribution in [1.82, 2.24) is 14.7 Å². The highest BCUT2D eigenvalue weighted by molar-refractivity contribution is 5.40. The predicted molar refractivity (Wildman–Crippen MR) is 75.8 cm³/mol. The molecule has 0 bridgehead atoms. The van der Waals surface area contributed by atoms with Crippen LogP contribution >= 0.6 is 0 Å². The summed E-state index contributed by atoms with van der Waals surface area (Å²) < 4.78 is 39.0. The maximum Gasteiger partial charge on any atom is 0.417 e. The molecule has 1 atom stereocenters. The molecular weight excluding hydrogens is 295 g/mol. The second kappa shape index (κ2) is 5.72. The molecule has 1 unspecified atom stereocenters. The van der Waals surface area contributed by atoms with Crippen molar-refractivity contribution in [2.75, 3.05) is 13.1 Å². The first-order valence-electron chi connectivity index (χ1n) is 7.24. The van der Waals surface area contributed by atoms with Crippen molar-refractivity contribution in [1.29, 1.82) is 0 Å². The number of nitrogens with zero attached hydrogens (tertiary/aromatic N) is 2. The Hall–Kier alpha value is -1.89. The second-order valence-corrected chi connectivity index (χ2v) is 5.65. The van der Waals surface area contributed by atoms with Crippen molar-refractivity contribution in [3.05, 3.63) is 46.0 Å². The van der Waals surface area contributed by atoms with E-state index in [0.29, 0.717) is 18.0 Å². The molecule has 118 valence electrons. The first-order valence-corrected chi connectivity index (χ1v) is 7.24. The van der Waals surface area contributed by atoms with E-state index in [1.165, 1.54) is 12.1 Å². The molecule has 0 aromatic carbocycles. The number of alkyl halides is 3. The molecule has 1 saturated heterocycles. The summed E-state index contributed by atoms with van der Waals surface area (Å²) in [5.41, 5.74) is -0.444. The molecule has 4 nitrogen and oxygen atoms in total. The maximum absolute atomic E-state index is 12.7. The average molecular weight is 311 g/mol. The third-order valence-electron chi connectivity index (χ3n) is 3.94. The van der Waals surface area contributed by atoms with E-state index in [1.807, 2.05) is 0 Å². The number of pyridine rings is 1. The molecule has 1 fully saturated rings. The van der Waals surface area contributed by atoms with Gasteiger partial charge in [0.1, 0.15) is 5.65 Å². The highest BCUT2D eigenvalue weighted by atomic mass is 19.4. The van der Waals surface area contributed by atoms with E-state index < -0.39 is 17.3 Å². The van der Waals surface area contributed by atoms with Gasteiger partial charge < -0.3 is 5.32 Å². The number of fused-ring (bicyclic) bond motifs is 1. The van der Waals surface area contributed by atoms with Crippen LogP contribution in [0, 0.1) is 5.92 Å². The minimum Gasteiger partial charge on any atom is -0.316 e. The van der Waals surface area contributed by atoms with Crippen LogP contribution in [0.5, 0.6) is 0 Å². The summed E-state index contributed by atoms with van der Waals surface area (Å²) in [4.78, 5) is 16.4. The summed E-state index contributed by atoms with van der Waals surface area (Å²) in [5, 5.41) is 3.29. The van der Waals surface area contributed by atoms with Gasteiger partial charge >= 0.3 is 6.18 Å². The first kappa shape index (κ1) is 15.0. The average Bonchev–Trinajstić information content (AvgIpc) is 2.47. The van der Waals surface area contributed by atoms with E-state index in [-0.39, 0.29) is 5.65 Å². The fourth-order valence-corrected chi connectivity index (χ4v) is 2.82. The Balaban J connectivity index is 1.93. The lowest BCUT2D eigenvalue weighted by atomic mass is 9.94. The summed E-state index contributed by atoms with van der Waals surface area (Å²) in [6.45, 7) is 1.89. The minimum absolute atomic E-state index is 0.249. The van der Waals surface area contributed by atoms with E-state index in [2.05, 4.69) is 10.3 Å². The normalized spacial score (nSPS) is 19.5. The van der Waals surface area contributed by atoms with Crippen LogP contribution in [0.3, 0.4) is 0 Å². The lowest BCUT2D eigenvalue weighted by molar-refractivity contribution is -0.137. The molecule has 3 heterocycles. The molecule has 0 amide bonds. The zero-order valence-electron chi connectivity index (χ0n) is 11.9. The molecule has 0 radical (unpaired) electrons. The van der Waals surface area contributed by atoms with Gasteiger partial charge in [-0.3, -0.25) is 9.20 Å².